The number of carbonyl (C=O) groups is 1. The highest BCUT2D eigenvalue weighted by Gasteiger charge is 2.45. The summed E-state index contributed by atoms with van der Waals surface area (Å²) in [4.78, 5) is 20.9. The fourth-order valence-electron chi connectivity index (χ4n) is 4.18. The van der Waals surface area contributed by atoms with Crippen LogP contribution in [0.5, 0.6) is 0 Å². The van der Waals surface area contributed by atoms with Gasteiger partial charge in [-0.1, -0.05) is 17.3 Å². The number of hydrogen-bond donors (Lipinski definition) is 0. The first kappa shape index (κ1) is 18.4. The fraction of sp³-hybridized carbons (Fsp3) is 0.600. The van der Waals surface area contributed by atoms with Gasteiger partial charge in [-0.05, 0) is 25.0 Å². The first-order valence-corrected chi connectivity index (χ1v) is 9.60. The van der Waals surface area contributed by atoms with Gasteiger partial charge in [-0.3, -0.25) is 4.79 Å². The molecular weight excluding hydrogens is 351 g/mol. The van der Waals surface area contributed by atoms with Crippen LogP contribution in [-0.2, 0) is 19.1 Å². The lowest BCUT2D eigenvalue weighted by Crippen LogP contribution is -2.51. The van der Waals surface area contributed by atoms with Crippen LogP contribution < -0.4 is 0 Å². The highest BCUT2D eigenvalue weighted by molar-refractivity contribution is 6.01. The molecule has 0 radical (unpaired) electrons. The molecule has 2 fully saturated rings. The van der Waals surface area contributed by atoms with Gasteiger partial charge in [0.2, 0.25) is 5.91 Å². The minimum Gasteiger partial charge on any atom is -0.392 e. The molecule has 0 N–H and O–H groups in total. The molecule has 0 bridgehead atoms. The lowest BCUT2D eigenvalue weighted by Gasteiger charge is -2.41. The standard InChI is InChI=1S/C20H25FN2O4/c21-16-3-1-2-15(12-16)18-13-17(27-22-18)14-20(4-8-25-9-5-20)19(24)23-6-10-26-11-7-23/h1-3,12,17H,4-11,13-14H2/t17-/m1/s1. The highest BCUT2D eigenvalue weighted by atomic mass is 19.1. The van der Waals surface area contributed by atoms with Crippen LogP contribution in [0, 0.1) is 11.2 Å². The number of carbonyl (C=O) groups excluding carboxylic acids is 1. The maximum atomic E-state index is 13.5. The first-order valence-electron chi connectivity index (χ1n) is 9.60. The maximum Gasteiger partial charge on any atom is 0.229 e. The molecule has 4 rings (SSSR count). The van der Waals surface area contributed by atoms with Crippen molar-refractivity contribution >= 4 is 11.6 Å². The van der Waals surface area contributed by atoms with Crippen molar-refractivity contribution in [2.45, 2.75) is 31.8 Å². The SMILES string of the molecule is O=C(N1CCOCC1)C1(C[C@H]2CC(c3cccc(F)c3)=NO2)CCOCC1. The molecule has 1 aromatic carbocycles. The summed E-state index contributed by atoms with van der Waals surface area (Å²) in [7, 11) is 0. The predicted molar refractivity (Wildman–Crippen MR) is 96.9 cm³/mol. The Labute approximate surface area is 158 Å². The summed E-state index contributed by atoms with van der Waals surface area (Å²) in [6, 6.07) is 6.38. The van der Waals surface area contributed by atoms with Gasteiger partial charge in [0.15, 0.2) is 0 Å². The molecule has 3 aliphatic heterocycles. The summed E-state index contributed by atoms with van der Waals surface area (Å²) < 4.78 is 24.4. The summed E-state index contributed by atoms with van der Waals surface area (Å²) in [5.41, 5.74) is 0.992. The fourth-order valence-corrected chi connectivity index (χ4v) is 4.18. The van der Waals surface area contributed by atoms with E-state index >= 15 is 0 Å². The molecule has 0 spiro atoms. The van der Waals surface area contributed by atoms with Gasteiger partial charge in [0, 0.05) is 44.7 Å². The van der Waals surface area contributed by atoms with Crippen LogP contribution in [0.1, 0.15) is 31.2 Å². The Morgan fingerprint density at radius 2 is 1.93 bits per heavy atom. The molecule has 0 saturated carbocycles. The van der Waals surface area contributed by atoms with Crippen LogP contribution in [0.4, 0.5) is 4.39 Å². The number of hydrogen-bond acceptors (Lipinski definition) is 5. The highest BCUT2D eigenvalue weighted by Crippen LogP contribution is 2.40. The average molecular weight is 376 g/mol. The summed E-state index contributed by atoms with van der Waals surface area (Å²) in [5.74, 6) is -0.112. The van der Waals surface area contributed by atoms with E-state index in [1.807, 2.05) is 11.0 Å². The topological polar surface area (TPSA) is 60.4 Å². The summed E-state index contributed by atoms with van der Waals surface area (Å²) in [5, 5.41) is 4.17. The Bertz CT molecular complexity index is 712. The van der Waals surface area contributed by atoms with E-state index in [4.69, 9.17) is 14.3 Å². The van der Waals surface area contributed by atoms with Crippen molar-refractivity contribution in [1.29, 1.82) is 0 Å². The molecule has 2 saturated heterocycles. The Morgan fingerprint density at radius 3 is 2.67 bits per heavy atom. The minimum absolute atomic E-state index is 0.175. The van der Waals surface area contributed by atoms with Crippen LogP contribution in [0.15, 0.2) is 29.4 Å². The third-order valence-corrected chi connectivity index (χ3v) is 5.71. The molecule has 3 aliphatic rings. The van der Waals surface area contributed by atoms with Gasteiger partial charge in [-0.2, -0.15) is 0 Å². The van der Waals surface area contributed by atoms with Crippen LogP contribution in [-0.4, -0.2) is 62.1 Å². The second kappa shape index (κ2) is 7.94. The van der Waals surface area contributed by atoms with Gasteiger partial charge in [0.1, 0.15) is 11.9 Å². The molecule has 7 heteroatoms. The maximum absolute atomic E-state index is 13.5. The smallest absolute Gasteiger partial charge is 0.229 e. The quantitative estimate of drug-likeness (QED) is 0.810. The van der Waals surface area contributed by atoms with Gasteiger partial charge >= 0.3 is 0 Å². The van der Waals surface area contributed by atoms with Crippen molar-refractivity contribution in [3.05, 3.63) is 35.6 Å². The monoisotopic (exact) mass is 376 g/mol. The van der Waals surface area contributed by atoms with Crippen molar-refractivity contribution in [3.8, 4) is 0 Å². The zero-order valence-corrected chi connectivity index (χ0v) is 15.4. The zero-order valence-electron chi connectivity index (χ0n) is 15.4. The second-order valence-corrected chi connectivity index (χ2v) is 7.48. The molecule has 27 heavy (non-hydrogen) atoms. The van der Waals surface area contributed by atoms with Gasteiger partial charge < -0.3 is 19.2 Å². The number of rotatable bonds is 4. The Kier molecular flexibility index (Phi) is 5.41. The van der Waals surface area contributed by atoms with E-state index in [1.54, 1.807) is 6.07 Å². The van der Waals surface area contributed by atoms with E-state index in [0.717, 1.165) is 11.3 Å². The lowest BCUT2D eigenvalue weighted by atomic mass is 9.73. The van der Waals surface area contributed by atoms with Crippen molar-refractivity contribution in [2.24, 2.45) is 10.6 Å². The third kappa shape index (κ3) is 3.99. The predicted octanol–water partition coefficient (Wildman–Crippen LogP) is 2.36. The van der Waals surface area contributed by atoms with Gasteiger partial charge in [0.05, 0.1) is 24.3 Å². The van der Waals surface area contributed by atoms with Crippen molar-refractivity contribution in [3.63, 3.8) is 0 Å². The Balaban J connectivity index is 1.46. The summed E-state index contributed by atoms with van der Waals surface area (Å²) >= 11 is 0. The molecule has 6 nitrogen and oxygen atoms in total. The van der Waals surface area contributed by atoms with Crippen LogP contribution >= 0.6 is 0 Å². The molecule has 0 unspecified atom stereocenters. The molecular formula is C20H25FN2O4. The average Bonchev–Trinajstić information content (AvgIpc) is 3.17. The molecule has 3 heterocycles. The largest absolute Gasteiger partial charge is 0.392 e. The zero-order chi connectivity index (χ0) is 18.7. The van der Waals surface area contributed by atoms with Crippen LogP contribution in [0.2, 0.25) is 0 Å². The number of halogens is 1. The van der Waals surface area contributed by atoms with E-state index in [-0.39, 0.29) is 17.8 Å². The summed E-state index contributed by atoms with van der Waals surface area (Å²) in [6.45, 7) is 3.62. The number of benzene rings is 1. The van der Waals surface area contributed by atoms with Gasteiger partial charge in [-0.25, -0.2) is 4.39 Å². The molecule has 0 aliphatic carbocycles. The number of oxime groups is 1. The Hall–Kier alpha value is -1.99. The molecule has 1 amide bonds. The number of nitrogens with zero attached hydrogens (tertiary/aromatic N) is 2. The van der Waals surface area contributed by atoms with Crippen LogP contribution in [0.25, 0.3) is 0 Å². The molecule has 1 atom stereocenters. The number of morpholine rings is 1. The van der Waals surface area contributed by atoms with E-state index < -0.39 is 5.41 Å². The Morgan fingerprint density at radius 1 is 1.19 bits per heavy atom. The van der Waals surface area contributed by atoms with E-state index in [9.17, 15) is 9.18 Å². The van der Waals surface area contributed by atoms with Crippen molar-refractivity contribution < 1.29 is 23.5 Å². The van der Waals surface area contributed by atoms with Gasteiger partial charge in [0.25, 0.3) is 0 Å². The van der Waals surface area contributed by atoms with E-state index in [1.165, 1.54) is 12.1 Å². The van der Waals surface area contributed by atoms with E-state index in [2.05, 4.69) is 5.16 Å². The molecule has 1 aromatic rings. The second-order valence-electron chi connectivity index (χ2n) is 7.48. The van der Waals surface area contributed by atoms with Crippen molar-refractivity contribution in [2.75, 3.05) is 39.5 Å². The van der Waals surface area contributed by atoms with Crippen molar-refractivity contribution in [1.82, 2.24) is 4.90 Å². The first-order chi connectivity index (χ1) is 13.2. The lowest BCUT2D eigenvalue weighted by molar-refractivity contribution is -0.155. The molecule has 146 valence electrons. The van der Waals surface area contributed by atoms with Crippen LogP contribution in [0.3, 0.4) is 0 Å². The minimum atomic E-state index is -0.479. The molecule has 0 aromatic heterocycles. The summed E-state index contributed by atoms with van der Waals surface area (Å²) in [6.07, 6.45) is 2.40. The number of ether oxygens (including phenoxy) is 2. The van der Waals surface area contributed by atoms with E-state index in [0.29, 0.717) is 65.2 Å². The van der Waals surface area contributed by atoms with Gasteiger partial charge in [-0.15, -0.1) is 0 Å². The normalized spacial score (nSPS) is 25.0. The third-order valence-electron chi connectivity index (χ3n) is 5.71. The number of amides is 1.